The number of carbonyl (C=O) groups is 1. The Morgan fingerprint density at radius 1 is 1.23 bits per heavy atom. The van der Waals surface area contributed by atoms with Crippen LogP contribution in [0.15, 0.2) is 29.1 Å². The summed E-state index contributed by atoms with van der Waals surface area (Å²) in [7, 11) is 0. The van der Waals surface area contributed by atoms with Gasteiger partial charge in [-0.05, 0) is 37.0 Å². The van der Waals surface area contributed by atoms with E-state index >= 15 is 0 Å². The lowest BCUT2D eigenvalue weighted by Crippen LogP contribution is -2.54. The highest BCUT2D eigenvalue weighted by atomic mass is 19.1. The SMILES string of the molecule is O=C([C@@H]1CCCc2nn(CCc3ccc(F)cc3)c(=O)n21)N1CC(F)C1. The van der Waals surface area contributed by atoms with Crippen LogP contribution in [0.5, 0.6) is 0 Å². The molecule has 0 aliphatic carbocycles. The Labute approximate surface area is 149 Å². The monoisotopic (exact) mass is 362 g/mol. The second-order valence-corrected chi connectivity index (χ2v) is 6.92. The van der Waals surface area contributed by atoms with Crippen LogP contribution in [0.4, 0.5) is 8.78 Å². The highest BCUT2D eigenvalue weighted by Crippen LogP contribution is 2.26. The molecule has 26 heavy (non-hydrogen) atoms. The van der Waals surface area contributed by atoms with Gasteiger partial charge in [0, 0.05) is 6.42 Å². The summed E-state index contributed by atoms with van der Waals surface area (Å²) in [6.45, 7) is 0.581. The Hall–Kier alpha value is -2.51. The fraction of sp³-hybridized carbons (Fsp3) is 0.500. The first kappa shape index (κ1) is 16.9. The summed E-state index contributed by atoms with van der Waals surface area (Å²) in [6.07, 6.45) is 1.58. The van der Waals surface area contributed by atoms with E-state index in [0.29, 0.717) is 31.6 Å². The highest BCUT2D eigenvalue weighted by Gasteiger charge is 2.38. The van der Waals surface area contributed by atoms with Crippen LogP contribution in [0.2, 0.25) is 0 Å². The van der Waals surface area contributed by atoms with Crippen molar-refractivity contribution in [3.8, 4) is 0 Å². The molecule has 1 amide bonds. The minimum Gasteiger partial charge on any atom is -0.335 e. The topological polar surface area (TPSA) is 60.1 Å². The molecule has 138 valence electrons. The first-order valence-corrected chi connectivity index (χ1v) is 8.88. The summed E-state index contributed by atoms with van der Waals surface area (Å²) >= 11 is 0. The molecule has 1 atom stereocenters. The number of halogens is 2. The molecule has 2 aromatic rings. The number of fused-ring (bicyclic) bond motifs is 1. The lowest BCUT2D eigenvalue weighted by atomic mass is 10.0. The Morgan fingerprint density at radius 2 is 1.96 bits per heavy atom. The zero-order valence-electron chi connectivity index (χ0n) is 14.3. The number of likely N-dealkylation sites (tertiary alicyclic amines) is 1. The van der Waals surface area contributed by atoms with Crippen molar-refractivity contribution in [3.63, 3.8) is 0 Å². The molecule has 1 aromatic heterocycles. The van der Waals surface area contributed by atoms with Gasteiger partial charge in [0.25, 0.3) is 0 Å². The third kappa shape index (κ3) is 3.04. The van der Waals surface area contributed by atoms with Gasteiger partial charge in [-0.15, -0.1) is 0 Å². The molecule has 0 unspecified atom stereocenters. The van der Waals surface area contributed by atoms with Gasteiger partial charge in [0.1, 0.15) is 23.9 Å². The van der Waals surface area contributed by atoms with Gasteiger partial charge in [-0.3, -0.25) is 9.36 Å². The van der Waals surface area contributed by atoms with E-state index < -0.39 is 12.2 Å². The zero-order valence-corrected chi connectivity index (χ0v) is 14.3. The van der Waals surface area contributed by atoms with Crippen molar-refractivity contribution in [1.29, 1.82) is 0 Å². The Bertz CT molecular complexity index is 868. The van der Waals surface area contributed by atoms with Gasteiger partial charge in [-0.1, -0.05) is 12.1 Å². The number of hydrogen-bond acceptors (Lipinski definition) is 3. The van der Waals surface area contributed by atoms with Crippen LogP contribution in [-0.2, 0) is 24.2 Å². The Balaban J connectivity index is 1.53. The van der Waals surface area contributed by atoms with Crippen LogP contribution in [0.1, 0.15) is 30.3 Å². The van der Waals surface area contributed by atoms with Crippen LogP contribution in [-0.4, -0.2) is 44.4 Å². The average molecular weight is 362 g/mol. The molecule has 8 heteroatoms. The molecule has 1 fully saturated rings. The predicted octanol–water partition coefficient (Wildman–Crippen LogP) is 1.48. The zero-order chi connectivity index (χ0) is 18.3. The molecule has 3 heterocycles. The van der Waals surface area contributed by atoms with E-state index in [9.17, 15) is 18.4 Å². The van der Waals surface area contributed by atoms with E-state index in [2.05, 4.69) is 5.10 Å². The normalized spacial score (nSPS) is 19.9. The van der Waals surface area contributed by atoms with Crippen molar-refractivity contribution in [2.24, 2.45) is 0 Å². The molecule has 0 radical (unpaired) electrons. The lowest BCUT2D eigenvalue weighted by molar-refractivity contribution is -0.142. The minimum absolute atomic E-state index is 0.109. The molecule has 2 aliphatic rings. The number of alkyl halides is 1. The molecule has 4 rings (SSSR count). The quantitative estimate of drug-likeness (QED) is 0.828. The van der Waals surface area contributed by atoms with Crippen LogP contribution in [0.3, 0.4) is 0 Å². The third-order valence-corrected chi connectivity index (χ3v) is 5.09. The molecule has 6 nitrogen and oxygen atoms in total. The third-order valence-electron chi connectivity index (χ3n) is 5.09. The van der Waals surface area contributed by atoms with E-state index in [4.69, 9.17) is 0 Å². The van der Waals surface area contributed by atoms with Crippen molar-refractivity contribution in [3.05, 3.63) is 52.0 Å². The standard InChI is InChI=1S/C18H20F2N4O2/c19-13-6-4-12(5-7-13)8-9-23-18(26)24-15(2-1-3-16(24)21-23)17(25)22-10-14(20)11-22/h4-7,14-15H,1-3,8-11H2/t15-/m0/s1. The van der Waals surface area contributed by atoms with Crippen molar-refractivity contribution >= 4 is 5.91 Å². The predicted molar refractivity (Wildman–Crippen MR) is 90.0 cm³/mol. The molecular weight excluding hydrogens is 342 g/mol. The number of amides is 1. The molecular formula is C18H20F2N4O2. The summed E-state index contributed by atoms with van der Waals surface area (Å²) in [4.78, 5) is 26.8. The molecule has 0 bridgehead atoms. The van der Waals surface area contributed by atoms with Gasteiger partial charge in [0.2, 0.25) is 5.91 Å². The summed E-state index contributed by atoms with van der Waals surface area (Å²) in [5.41, 5.74) is 0.601. The van der Waals surface area contributed by atoms with Crippen molar-refractivity contribution in [1.82, 2.24) is 19.2 Å². The smallest absolute Gasteiger partial charge is 0.335 e. The number of carbonyl (C=O) groups excluding carboxylic acids is 1. The van der Waals surface area contributed by atoms with E-state index in [1.807, 2.05) is 0 Å². The molecule has 0 N–H and O–H groups in total. The largest absolute Gasteiger partial charge is 0.346 e. The number of rotatable bonds is 4. The summed E-state index contributed by atoms with van der Waals surface area (Å²) in [5, 5.41) is 4.38. The number of benzene rings is 1. The first-order chi connectivity index (χ1) is 12.5. The summed E-state index contributed by atoms with van der Waals surface area (Å²) < 4.78 is 28.9. The number of aryl methyl sites for hydroxylation is 3. The van der Waals surface area contributed by atoms with E-state index in [0.717, 1.165) is 12.0 Å². The fourth-order valence-electron chi connectivity index (χ4n) is 3.61. The first-order valence-electron chi connectivity index (χ1n) is 8.88. The van der Waals surface area contributed by atoms with Crippen molar-refractivity contribution < 1.29 is 13.6 Å². The molecule has 0 saturated carbocycles. The van der Waals surface area contributed by atoms with Gasteiger partial charge >= 0.3 is 5.69 Å². The molecule has 1 aromatic carbocycles. The second kappa shape index (κ2) is 6.66. The van der Waals surface area contributed by atoms with Crippen LogP contribution in [0.25, 0.3) is 0 Å². The van der Waals surface area contributed by atoms with Crippen LogP contribution >= 0.6 is 0 Å². The van der Waals surface area contributed by atoms with Crippen LogP contribution in [0, 0.1) is 5.82 Å². The highest BCUT2D eigenvalue weighted by molar-refractivity contribution is 5.81. The second-order valence-electron chi connectivity index (χ2n) is 6.92. The van der Waals surface area contributed by atoms with E-state index in [1.54, 1.807) is 12.1 Å². The Kier molecular flexibility index (Phi) is 4.34. The van der Waals surface area contributed by atoms with Gasteiger partial charge in [0.15, 0.2) is 0 Å². The van der Waals surface area contributed by atoms with Gasteiger partial charge < -0.3 is 4.90 Å². The summed E-state index contributed by atoms with van der Waals surface area (Å²) in [6, 6.07) is 5.55. The average Bonchev–Trinajstić information content (AvgIpc) is 2.94. The van der Waals surface area contributed by atoms with E-state index in [-0.39, 0.29) is 30.5 Å². The molecule has 2 aliphatic heterocycles. The van der Waals surface area contributed by atoms with Gasteiger partial charge in [-0.25, -0.2) is 18.3 Å². The molecule has 1 saturated heterocycles. The number of hydrogen-bond donors (Lipinski definition) is 0. The maximum atomic E-state index is 13.1. The number of aromatic nitrogens is 3. The van der Waals surface area contributed by atoms with E-state index in [1.165, 1.54) is 26.3 Å². The fourth-order valence-corrected chi connectivity index (χ4v) is 3.61. The van der Waals surface area contributed by atoms with Crippen LogP contribution < -0.4 is 5.69 Å². The van der Waals surface area contributed by atoms with Gasteiger partial charge in [-0.2, -0.15) is 5.10 Å². The molecule has 0 spiro atoms. The lowest BCUT2D eigenvalue weighted by Gasteiger charge is -2.37. The summed E-state index contributed by atoms with van der Waals surface area (Å²) in [5.74, 6) is 0.113. The number of nitrogens with zero attached hydrogens (tertiary/aromatic N) is 4. The minimum atomic E-state index is -0.961. The Morgan fingerprint density at radius 3 is 2.65 bits per heavy atom. The maximum absolute atomic E-state index is 13.1. The maximum Gasteiger partial charge on any atom is 0.346 e. The van der Waals surface area contributed by atoms with Crippen molar-refractivity contribution in [2.45, 2.75) is 44.4 Å². The van der Waals surface area contributed by atoms with Crippen molar-refractivity contribution in [2.75, 3.05) is 13.1 Å². The van der Waals surface area contributed by atoms with Gasteiger partial charge in [0.05, 0.1) is 19.6 Å².